The van der Waals surface area contributed by atoms with E-state index in [1.807, 2.05) is 0 Å². The molecule has 0 radical (unpaired) electrons. The predicted octanol–water partition coefficient (Wildman–Crippen LogP) is 2.95. The molecule has 128 valence electrons. The summed E-state index contributed by atoms with van der Waals surface area (Å²) in [7, 11) is 0. The van der Waals surface area contributed by atoms with Crippen LogP contribution in [0.3, 0.4) is 0 Å². The van der Waals surface area contributed by atoms with Gasteiger partial charge >= 0.3 is 6.18 Å². The van der Waals surface area contributed by atoms with Gasteiger partial charge in [-0.2, -0.15) is 13.2 Å². The molecule has 3 rings (SSSR count). The summed E-state index contributed by atoms with van der Waals surface area (Å²) in [5.74, 6) is -1.64. The number of halogens is 4. The van der Waals surface area contributed by atoms with Crippen LogP contribution >= 0.6 is 0 Å². The van der Waals surface area contributed by atoms with Crippen molar-refractivity contribution < 1.29 is 22.4 Å². The summed E-state index contributed by atoms with van der Waals surface area (Å²) in [5.41, 5.74) is 0.418. The summed E-state index contributed by atoms with van der Waals surface area (Å²) in [5, 5.41) is 2.71. The van der Waals surface area contributed by atoms with Crippen molar-refractivity contribution >= 4 is 5.91 Å². The normalized spacial score (nSPS) is 29.2. The maximum atomic E-state index is 14.2. The molecule has 2 aliphatic carbocycles. The number of rotatable bonds is 4. The Morgan fingerprint density at radius 3 is 2.61 bits per heavy atom. The van der Waals surface area contributed by atoms with Crippen molar-refractivity contribution in [3.8, 4) is 0 Å². The molecule has 0 spiro atoms. The minimum atomic E-state index is -4.18. The molecule has 1 saturated carbocycles. The van der Waals surface area contributed by atoms with Crippen LogP contribution < -0.4 is 5.32 Å². The van der Waals surface area contributed by atoms with Crippen molar-refractivity contribution in [2.75, 3.05) is 19.6 Å². The number of alkyl halides is 3. The van der Waals surface area contributed by atoms with Gasteiger partial charge in [0.2, 0.25) is 5.91 Å². The predicted molar refractivity (Wildman–Crippen MR) is 77.1 cm³/mol. The van der Waals surface area contributed by atoms with E-state index in [-0.39, 0.29) is 49.6 Å². The van der Waals surface area contributed by atoms with Crippen LogP contribution in [0, 0.1) is 11.8 Å². The lowest BCUT2D eigenvalue weighted by Gasteiger charge is -2.28. The molecule has 0 aromatic carbocycles. The van der Waals surface area contributed by atoms with Crippen LogP contribution in [0.5, 0.6) is 0 Å². The molecule has 0 aromatic heterocycles. The minimum absolute atomic E-state index is 0.0478. The third-order valence-corrected chi connectivity index (χ3v) is 4.81. The quantitative estimate of drug-likeness (QED) is 0.803. The second-order valence-electron chi connectivity index (χ2n) is 6.57. The zero-order valence-corrected chi connectivity index (χ0v) is 12.7. The average molecular weight is 332 g/mol. The number of hydrogen-bond acceptors (Lipinski definition) is 2. The monoisotopic (exact) mass is 332 g/mol. The Kier molecular flexibility index (Phi) is 4.49. The molecule has 23 heavy (non-hydrogen) atoms. The standard InChI is InChI=1S/C16H20F4N2O/c17-14-7-13(22-6-5-12(9-22)16(18,19)20)4-3-11(14)8-21-15(23)10-1-2-10/h3-4,10,12-13H,1-2,5-9H2,(H,21,23). The van der Waals surface area contributed by atoms with E-state index in [4.69, 9.17) is 0 Å². The number of likely N-dealkylation sites (tertiary alicyclic amines) is 1. The van der Waals surface area contributed by atoms with Gasteiger partial charge in [-0.15, -0.1) is 0 Å². The summed E-state index contributed by atoms with van der Waals surface area (Å²) < 4.78 is 52.3. The third kappa shape index (κ3) is 3.94. The summed E-state index contributed by atoms with van der Waals surface area (Å²) in [6, 6.07) is -0.328. The van der Waals surface area contributed by atoms with E-state index in [0.717, 1.165) is 12.8 Å². The van der Waals surface area contributed by atoms with Gasteiger partial charge in [-0.25, -0.2) is 4.39 Å². The first kappa shape index (κ1) is 16.5. The number of amides is 1. The Hall–Kier alpha value is -1.37. The highest BCUT2D eigenvalue weighted by Gasteiger charge is 2.44. The molecule has 1 aliphatic heterocycles. The molecule has 3 aliphatic rings. The Labute approximate surface area is 132 Å². The van der Waals surface area contributed by atoms with E-state index in [1.54, 1.807) is 17.1 Å². The number of nitrogens with zero attached hydrogens (tertiary/aromatic N) is 1. The smallest absolute Gasteiger partial charge is 0.352 e. The number of carbonyl (C=O) groups is 1. The molecule has 1 heterocycles. The second kappa shape index (κ2) is 6.26. The van der Waals surface area contributed by atoms with Gasteiger partial charge in [-0.05, 0) is 25.8 Å². The van der Waals surface area contributed by atoms with Gasteiger partial charge in [-0.1, -0.05) is 12.2 Å². The molecule has 0 bridgehead atoms. The lowest BCUT2D eigenvalue weighted by molar-refractivity contribution is -0.170. The first-order valence-electron chi connectivity index (χ1n) is 7.99. The van der Waals surface area contributed by atoms with Gasteiger partial charge in [0.25, 0.3) is 0 Å². The van der Waals surface area contributed by atoms with Crippen molar-refractivity contribution in [2.24, 2.45) is 11.8 Å². The maximum absolute atomic E-state index is 14.2. The lowest BCUT2D eigenvalue weighted by Crippen LogP contribution is -2.36. The topological polar surface area (TPSA) is 32.3 Å². The third-order valence-electron chi connectivity index (χ3n) is 4.81. The van der Waals surface area contributed by atoms with E-state index in [1.165, 1.54) is 0 Å². The first-order chi connectivity index (χ1) is 10.8. The van der Waals surface area contributed by atoms with Gasteiger partial charge in [0.1, 0.15) is 5.83 Å². The van der Waals surface area contributed by atoms with Gasteiger partial charge in [0.05, 0.1) is 5.92 Å². The van der Waals surface area contributed by atoms with Gasteiger partial charge in [-0.3, -0.25) is 9.69 Å². The second-order valence-corrected chi connectivity index (χ2v) is 6.57. The van der Waals surface area contributed by atoms with E-state index < -0.39 is 12.1 Å². The van der Waals surface area contributed by atoms with Gasteiger partial charge in [0.15, 0.2) is 0 Å². The Morgan fingerprint density at radius 1 is 1.30 bits per heavy atom. The van der Waals surface area contributed by atoms with Crippen molar-refractivity contribution in [3.05, 3.63) is 23.6 Å². The van der Waals surface area contributed by atoms with Crippen molar-refractivity contribution in [3.63, 3.8) is 0 Å². The molecular formula is C16H20F4N2O. The fourth-order valence-electron chi connectivity index (χ4n) is 3.13. The van der Waals surface area contributed by atoms with Crippen LogP contribution in [0.1, 0.15) is 25.7 Å². The number of hydrogen-bond donors (Lipinski definition) is 1. The van der Waals surface area contributed by atoms with Crippen LogP contribution in [0.25, 0.3) is 0 Å². The molecular weight excluding hydrogens is 312 g/mol. The molecule has 7 heteroatoms. The van der Waals surface area contributed by atoms with E-state index in [2.05, 4.69) is 5.32 Å². The van der Waals surface area contributed by atoms with E-state index >= 15 is 0 Å². The van der Waals surface area contributed by atoms with Crippen LogP contribution in [-0.2, 0) is 4.79 Å². The molecule has 2 fully saturated rings. The number of nitrogens with one attached hydrogen (secondary N) is 1. The molecule has 3 nitrogen and oxygen atoms in total. The minimum Gasteiger partial charge on any atom is -0.352 e. The van der Waals surface area contributed by atoms with Crippen LogP contribution in [0.15, 0.2) is 23.6 Å². The van der Waals surface area contributed by atoms with Crippen LogP contribution in [0.4, 0.5) is 17.6 Å². The average Bonchev–Trinajstić information content (AvgIpc) is 3.21. The number of carbonyl (C=O) groups excluding carboxylic acids is 1. The lowest BCUT2D eigenvalue weighted by atomic mass is 10.0. The molecule has 2 atom stereocenters. The first-order valence-corrected chi connectivity index (χ1v) is 7.99. The summed E-state index contributed by atoms with van der Waals surface area (Å²) in [6.45, 7) is 0.412. The zero-order chi connectivity index (χ0) is 16.6. The van der Waals surface area contributed by atoms with Gasteiger partial charge in [0, 0.05) is 37.0 Å². The fraction of sp³-hybridized carbons (Fsp3) is 0.688. The van der Waals surface area contributed by atoms with Crippen molar-refractivity contribution in [1.82, 2.24) is 10.2 Å². The summed E-state index contributed by atoms with van der Waals surface area (Å²) in [4.78, 5) is 13.3. The molecule has 1 saturated heterocycles. The molecule has 1 amide bonds. The molecule has 1 N–H and O–H groups in total. The highest BCUT2D eigenvalue weighted by atomic mass is 19.4. The molecule has 2 unspecified atom stereocenters. The van der Waals surface area contributed by atoms with Crippen molar-refractivity contribution in [2.45, 2.75) is 37.9 Å². The maximum Gasteiger partial charge on any atom is 0.393 e. The Bertz CT molecular complexity index is 537. The summed E-state index contributed by atoms with van der Waals surface area (Å²) in [6.07, 6.45) is 1.10. The highest BCUT2D eigenvalue weighted by molar-refractivity contribution is 5.81. The highest BCUT2D eigenvalue weighted by Crippen LogP contribution is 2.36. The van der Waals surface area contributed by atoms with E-state index in [9.17, 15) is 22.4 Å². The Morgan fingerprint density at radius 2 is 2.04 bits per heavy atom. The van der Waals surface area contributed by atoms with Crippen LogP contribution in [0.2, 0.25) is 0 Å². The molecule has 0 aromatic rings. The zero-order valence-electron chi connectivity index (χ0n) is 12.7. The summed E-state index contributed by atoms with van der Waals surface area (Å²) >= 11 is 0. The van der Waals surface area contributed by atoms with Crippen molar-refractivity contribution in [1.29, 1.82) is 0 Å². The fourth-order valence-corrected chi connectivity index (χ4v) is 3.13. The largest absolute Gasteiger partial charge is 0.393 e. The SMILES string of the molecule is O=C(NCC1=C(F)CC(N2CCC(C(F)(F)F)C2)C=C1)C1CC1. The van der Waals surface area contributed by atoms with E-state index in [0.29, 0.717) is 12.1 Å². The van der Waals surface area contributed by atoms with Crippen LogP contribution in [-0.4, -0.2) is 42.7 Å². The Balaban J connectivity index is 1.52. The van der Waals surface area contributed by atoms with Gasteiger partial charge < -0.3 is 5.32 Å².